The average molecular weight is 289 g/mol. The molecule has 2 nitrogen and oxygen atoms in total. The van der Waals surface area contributed by atoms with Crippen LogP contribution in [0.4, 0.5) is 5.69 Å². The number of anilines is 1. The fraction of sp³-hybridized carbons (Fsp3) is 0.684. The van der Waals surface area contributed by atoms with E-state index in [2.05, 4.69) is 44.3 Å². The van der Waals surface area contributed by atoms with E-state index in [9.17, 15) is 0 Å². The second-order valence-corrected chi connectivity index (χ2v) is 6.76. The van der Waals surface area contributed by atoms with E-state index >= 15 is 0 Å². The summed E-state index contributed by atoms with van der Waals surface area (Å²) in [5, 5.41) is 3.76. The van der Waals surface area contributed by atoms with Crippen LogP contribution in [0.5, 0.6) is 5.75 Å². The van der Waals surface area contributed by atoms with Crippen LogP contribution < -0.4 is 10.1 Å². The van der Waals surface area contributed by atoms with E-state index in [0.29, 0.717) is 6.04 Å². The van der Waals surface area contributed by atoms with Crippen LogP contribution in [0.2, 0.25) is 0 Å². The molecule has 1 saturated carbocycles. The van der Waals surface area contributed by atoms with Crippen molar-refractivity contribution in [2.45, 2.75) is 65.8 Å². The first-order chi connectivity index (χ1) is 10.1. The van der Waals surface area contributed by atoms with Crippen molar-refractivity contribution >= 4 is 5.69 Å². The summed E-state index contributed by atoms with van der Waals surface area (Å²) in [5.74, 6) is 2.72. The molecule has 2 rings (SSSR count). The van der Waals surface area contributed by atoms with E-state index in [1.165, 1.54) is 43.4 Å². The number of hydrogen-bond donors (Lipinski definition) is 1. The van der Waals surface area contributed by atoms with Crippen molar-refractivity contribution in [3.63, 3.8) is 0 Å². The van der Waals surface area contributed by atoms with Gasteiger partial charge in [0, 0.05) is 11.7 Å². The minimum atomic E-state index is 0.630. The van der Waals surface area contributed by atoms with Crippen LogP contribution in [0.3, 0.4) is 0 Å². The SMILES string of the molecule is CCOc1ccc(NC2CCCC(C(C)C)CC2)c(C)c1. The van der Waals surface area contributed by atoms with Crippen LogP contribution in [0, 0.1) is 18.8 Å². The summed E-state index contributed by atoms with van der Waals surface area (Å²) in [6, 6.07) is 7.02. The number of nitrogens with one attached hydrogen (secondary N) is 1. The first-order valence-electron chi connectivity index (χ1n) is 8.60. The van der Waals surface area contributed by atoms with E-state index in [0.717, 1.165) is 24.2 Å². The molecule has 0 spiro atoms. The molecule has 0 saturated heterocycles. The van der Waals surface area contributed by atoms with E-state index in [1.807, 2.05) is 6.92 Å². The molecule has 21 heavy (non-hydrogen) atoms. The third kappa shape index (κ3) is 4.66. The predicted molar refractivity (Wildman–Crippen MR) is 91.2 cm³/mol. The van der Waals surface area contributed by atoms with Crippen LogP contribution in [0.1, 0.15) is 58.4 Å². The van der Waals surface area contributed by atoms with E-state index < -0.39 is 0 Å². The van der Waals surface area contributed by atoms with E-state index in [4.69, 9.17) is 4.74 Å². The van der Waals surface area contributed by atoms with Crippen LogP contribution in [-0.4, -0.2) is 12.6 Å². The molecule has 0 aromatic heterocycles. The zero-order valence-electron chi connectivity index (χ0n) is 14.1. The van der Waals surface area contributed by atoms with Gasteiger partial charge in [0.15, 0.2) is 0 Å². The second-order valence-electron chi connectivity index (χ2n) is 6.76. The van der Waals surface area contributed by atoms with E-state index in [1.54, 1.807) is 0 Å². The molecule has 1 aromatic carbocycles. The molecule has 0 aliphatic heterocycles. The number of rotatable bonds is 5. The fourth-order valence-corrected chi connectivity index (χ4v) is 3.42. The Morgan fingerprint density at radius 1 is 1.19 bits per heavy atom. The topological polar surface area (TPSA) is 21.3 Å². The van der Waals surface area contributed by atoms with Gasteiger partial charge in [-0.3, -0.25) is 0 Å². The summed E-state index contributed by atoms with van der Waals surface area (Å²) in [6.07, 6.45) is 6.73. The lowest BCUT2D eigenvalue weighted by Crippen LogP contribution is -2.19. The summed E-state index contributed by atoms with van der Waals surface area (Å²) >= 11 is 0. The summed E-state index contributed by atoms with van der Waals surface area (Å²) in [5.41, 5.74) is 2.55. The molecule has 1 N–H and O–H groups in total. The standard InChI is InChI=1S/C19H31NO/c1-5-21-18-11-12-19(15(4)13-18)20-17-8-6-7-16(9-10-17)14(2)3/h11-14,16-17,20H,5-10H2,1-4H3. The Hall–Kier alpha value is -1.18. The molecule has 1 aliphatic rings. The van der Waals surface area contributed by atoms with Gasteiger partial charge in [-0.2, -0.15) is 0 Å². The van der Waals surface area contributed by atoms with Gasteiger partial charge in [-0.1, -0.05) is 26.7 Å². The molecule has 0 amide bonds. The monoisotopic (exact) mass is 289 g/mol. The quantitative estimate of drug-likeness (QED) is 0.732. The molecule has 1 aromatic rings. The van der Waals surface area contributed by atoms with Crippen LogP contribution in [-0.2, 0) is 0 Å². The number of aryl methyl sites for hydroxylation is 1. The van der Waals surface area contributed by atoms with Gasteiger partial charge < -0.3 is 10.1 Å². The highest BCUT2D eigenvalue weighted by atomic mass is 16.5. The van der Waals surface area contributed by atoms with Gasteiger partial charge in [-0.15, -0.1) is 0 Å². The molecule has 2 heteroatoms. The Morgan fingerprint density at radius 2 is 2.00 bits per heavy atom. The lowest BCUT2D eigenvalue weighted by Gasteiger charge is -2.21. The van der Waals surface area contributed by atoms with Crippen molar-refractivity contribution < 1.29 is 4.74 Å². The molecular weight excluding hydrogens is 258 g/mol. The summed E-state index contributed by atoms with van der Waals surface area (Å²) in [7, 11) is 0. The van der Waals surface area contributed by atoms with Crippen molar-refractivity contribution in [3.05, 3.63) is 23.8 Å². The highest BCUT2D eigenvalue weighted by Gasteiger charge is 2.21. The van der Waals surface area contributed by atoms with Gasteiger partial charge in [-0.25, -0.2) is 0 Å². The molecule has 1 fully saturated rings. The van der Waals surface area contributed by atoms with Gasteiger partial charge in [0.1, 0.15) is 5.75 Å². The molecule has 2 atom stereocenters. The van der Waals surface area contributed by atoms with Crippen molar-refractivity contribution in [1.82, 2.24) is 0 Å². The number of benzene rings is 1. The van der Waals surface area contributed by atoms with Crippen molar-refractivity contribution in [2.24, 2.45) is 11.8 Å². The van der Waals surface area contributed by atoms with Crippen molar-refractivity contribution in [2.75, 3.05) is 11.9 Å². The zero-order valence-corrected chi connectivity index (χ0v) is 14.1. The highest BCUT2D eigenvalue weighted by molar-refractivity contribution is 5.54. The second kappa shape index (κ2) is 7.72. The molecule has 0 bridgehead atoms. The molecule has 0 radical (unpaired) electrons. The summed E-state index contributed by atoms with van der Waals surface area (Å²) in [4.78, 5) is 0. The lowest BCUT2D eigenvalue weighted by atomic mass is 9.89. The Labute approximate surface area is 130 Å². The van der Waals surface area contributed by atoms with Gasteiger partial charge >= 0.3 is 0 Å². The Balaban J connectivity index is 1.95. The molecule has 0 heterocycles. The normalized spacial score (nSPS) is 22.9. The Bertz CT molecular complexity index is 441. The summed E-state index contributed by atoms with van der Waals surface area (Å²) in [6.45, 7) is 9.66. The third-order valence-corrected chi connectivity index (χ3v) is 4.82. The average Bonchev–Trinajstić information content (AvgIpc) is 2.68. The van der Waals surface area contributed by atoms with Crippen LogP contribution in [0.15, 0.2) is 18.2 Å². The Kier molecular flexibility index (Phi) is 5.96. The maximum absolute atomic E-state index is 5.56. The lowest BCUT2D eigenvalue weighted by molar-refractivity contribution is 0.340. The predicted octanol–water partition coefficient (Wildman–Crippen LogP) is 5.41. The summed E-state index contributed by atoms with van der Waals surface area (Å²) < 4.78 is 5.56. The zero-order chi connectivity index (χ0) is 15.2. The largest absolute Gasteiger partial charge is 0.494 e. The molecule has 1 aliphatic carbocycles. The van der Waals surface area contributed by atoms with Gasteiger partial charge in [0.05, 0.1) is 6.61 Å². The van der Waals surface area contributed by atoms with E-state index in [-0.39, 0.29) is 0 Å². The minimum Gasteiger partial charge on any atom is -0.494 e. The van der Waals surface area contributed by atoms with Crippen LogP contribution >= 0.6 is 0 Å². The Morgan fingerprint density at radius 3 is 2.67 bits per heavy atom. The molecule has 118 valence electrons. The van der Waals surface area contributed by atoms with Crippen molar-refractivity contribution in [1.29, 1.82) is 0 Å². The van der Waals surface area contributed by atoms with Gasteiger partial charge in [0.2, 0.25) is 0 Å². The first-order valence-corrected chi connectivity index (χ1v) is 8.60. The number of hydrogen-bond acceptors (Lipinski definition) is 2. The maximum atomic E-state index is 5.56. The van der Waals surface area contributed by atoms with Gasteiger partial charge in [-0.05, 0) is 68.7 Å². The highest BCUT2D eigenvalue weighted by Crippen LogP contribution is 2.31. The fourth-order valence-electron chi connectivity index (χ4n) is 3.42. The maximum Gasteiger partial charge on any atom is 0.119 e. The minimum absolute atomic E-state index is 0.630. The van der Waals surface area contributed by atoms with Crippen LogP contribution in [0.25, 0.3) is 0 Å². The molecule has 2 unspecified atom stereocenters. The first kappa shape index (κ1) is 16.2. The smallest absolute Gasteiger partial charge is 0.119 e. The van der Waals surface area contributed by atoms with Crippen molar-refractivity contribution in [3.8, 4) is 5.75 Å². The van der Waals surface area contributed by atoms with Gasteiger partial charge in [0.25, 0.3) is 0 Å². The number of ether oxygens (including phenoxy) is 1. The molecular formula is C19H31NO. The third-order valence-electron chi connectivity index (χ3n) is 4.82.